The average Bonchev–Trinajstić information content (AvgIpc) is 2.73. The molecule has 2 aliphatic heterocycles. The highest BCUT2D eigenvalue weighted by atomic mass is 35.5. The molecule has 0 unspecified atom stereocenters. The van der Waals surface area contributed by atoms with Gasteiger partial charge in [0.15, 0.2) is 0 Å². The van der Waals surface area contributed by atoms with Gasteiger partial charge in [-0.25, -0.2) is 4.98 Å². The number of aromatic nitrogens is 1. The maximum atomic E-state index is 12.8. The molecule has 158 valence electrons. The van der Waals surface area contributed by atoms with E-state index in [0.29, 0.717) is 56.2 Å². The molecule has 29 heavy (non-hydrogen) atoms. The number of nitrogens with two attached hydrogens (primary N) is 1. The van der Waals surface area contributed by atoms with E-state index in [1.54, 1.807) is 18.3 Å². The first-order valence-electron chi connectivity index (χ1n) is 10.4. The first-order valence-corrected chi connectivity index (χ1v) is 10.7. The van der Waals surface area contributed by atoms with Crippen molar-refractivity contribution in [3.8, 4) is 0 Å². The maximum Gasteiger partial charge on any atom is 0.254 e. The van der Waals surface area contributed by atoms with Crippen molar-refractivity contribution >= 4 is 29.3 Å². The fraction of sp³-hybridized carbons (Fsp3) is 0.619. The zero-order valence-corrected chi connectivity index (χ0v) is 17.6. The van der Waals surface area contributed by atoms with Gasteiger partial charge in [-0.2, -0.15) is 0 Å². The van der Waals surface area contributed by atoms with Gasteiger partial charge in [-0.3, -0.25) is 14.4 Å². The van der Waals surface area contributed by atoms with Crippen molar-refractivity contribution in [1.29, 1.82) is 0 Å². The Morgan fingerprint density at radius 1 is 1.14 bits per heavy atom. The van der Waals surface area contributed by atoms with Crippen LogP contribution in [-0.2, 0) is 9.59 Å². The predicted molar refractivity (Wildman–Crippen MR) is 110 cm³/mol. The van der Waals surface area contributed by atoms with Gasteiger partial charge in [0.25, 0.3) is 5.91 Å². The summed E-state index contributed by atoms with van der Waals surface area (Å²) >= 11 is 5.91. The number of primary amides is 1. The van der Waals surface area contributed by atoms with Crippen molar-refractivity contribution in [1.82, 2.24) is 14.8 Å². The second-order valence-corrected chi connectivity index (χ2v) is 8.48. The summed E-state index contributed by atoms with van der Waals surface area (Å²) in [6.07, 6.45) is 5.08. The minimum absolute atomic E-state index is 0.0361. The van der Waals surface area contributed by atoms with Gasteiger partial charge >= 0.3 is 0 Å². The van der Waals surface area contributed by atoms with Crippen LogP contribution in [0.1, 0.15) is 49.4 Å². The van der Waals surface area contributed by atoms with Crippen molar-refractivity contribution in [3.63, 3.8) is 0 Å². The zero-order valence-electron chi connectivity index (χ0n) is 16.8. The predicted octanol–water partition coefficient (Wildman–Crippen LogP) is 2.34. The first-order chi connectivity index (χ1) is 13.9. The molecule has 2 N–H and O–H groups in total. The molecule has 2 saturated heterocycles. The van der Waals surface area contributed by atoms with E-state index in [0.717, 1.165) is 12.8 Å². The van der Waals surface area contributed by atoms with Crippen LogP contribution in [0, 0.1) is 17.8 Å². The third kappa shape index (κ3) is 5.26. The molecular formula is C21H29ClN4O3. The average molecular weight is 421 g/mol. The van der Waals surface area contributed by atoms with Gasteiger partial charge in [0.05, 0.1) is 0 Å². The highest BCUT2D eigenvalue weighted by molar-refractivity contribution is 6.29. The Kier molecular flexibility index (Phi) is 7.11. The van der Waals surface area contributed by atoms with Crippen LogP contribution >= 0.6 is 11.6 Å². The summed E-state index contributed by atoms with van der Waals surface area (Å²) in [4.78, 5) is 44.6. The second-order valence-electron chi connectivity index (χ2n) is 8.10. The molecule has 1 aromatic heterocycles. The van der Waals surface area contributed by atoms with E-state index in [-0.39, 0.29) is 35.5 Å². The molecule has 0 spiro atoms. The molecule has 0 aromatic carbocycles. The molecule has 2 aliphatic rings. The number of rotatable bonds is 5. The first kappa shape index (κ1) is 21.6. The standard InChI is InChI=1S/C21H29ClN4O3/c1-2-14-13-26(21(29)17-3-7-24-18(22)11-17)10-6-16(14)12-19(27)25-8-4-15(5-9-25)20(23)28/h3,7,11,14-16H,2,4-6,8-10,12-13H2,1H3,(H2,23,28)/t14-,16+/m1/s1. The molecule has 2 atom stereocenters. The van der Waals surface area contributed by atoms with Crippen LogP contribution in [0.5, 0.6) is 0 Å². The SMILES string of the molecule is CC[C@@H]1CN(C(=O)c2ccnc(Cl)c2)CC[C@H]1CC(=O)N1CCC(C(N)=O)CC1. The lowest BCUT2D eigenvalue weighted by atomic mass is 9.81. The smallest absolute Gasteiger partial charge is 0.254 e. The van der Waals surface area contributed by atoms with Gasteiger partial charge in [-0.1, -0.05) is 24.9 Å². The van der Waals surface area contributed by atoms with Crippen molar-refractivity contribution < 1.29 is 14.4 Å². The monoisotopic (exact) mass is 420 g/mol. The fourth-order valence-corrected chi connectivity index (χ4v) is 4.66. The van der Waals surface area contributed by atoms with Crippen molar-refractivity contribution in [2.75, 3.05) is 26.2 Å². The Hall–Kier alpha value is -2.15. The number of pyridine rings is 1. The van der Waals surface area contributed by atoms with Crippen LogP contribution < -0.4 is 5.73 Å². The lowest BCUT2D eigenvalue weighted by molar-refractivity contribution is -0.136. The van der Waals surface area contributed by atoms with E-state index < -0.39 is 0 Å². The van der Waals surface area contributed by atoms with E-state index in [1.807, 2.05) is 9.80 Å². The fourth-order valence-electron chi connectivity index (χ4n) is 4.48. The number of likely N-dealkylation sites (tertiary alicyclic amines) is 2. The highest BCUT2D eigenvalue weighted by Gasteiger charge is 2.34. The Morgan fingerprint density at radius 2 is 1.83 bits per heavy atom. The van der Waals surface area contributed by atoms with E-state index >= 15 is 0 Å². The van der Waals surface area contributed by atoms with E-state index in [1.165, 1.54) is 0 Å². The summed E-state index contributed by atoms with van der Waals surface area (Å²) in [5.41, 5.74) is 5.92. The summed E-state index contributed by atoms with van der Waals surface area (Å²) in [7, 11) is 0. The third-order valence-electron chi connectivity index (χ3n) is 6.36. The van der Waals surface area contributed by atoms with Crippen LogP contribution in [0.4, 0.5) is 0 Å². The number of carbonyl (C=O) groups excluding carboxylic acids is 3. The molecule has 1 aromatic rings. The molecule has 0 saturated carbocycles. The summed E-state index contributed by atoms with van der Waals surface area (Å²) in [5, 5.41) is 0.309. The van der Waals surface area contributed by atoms with Crippen LogP contribution in [0.2, 0.25) is 5.15 Å². The highest BCUT2D eigenvalue weighted by Crippen LogP contribution is 2.31. The van der Waals surface area contributed by atoms with Crippen LogP contribution in [0.25, 0.3) is 0 Å². The van der Waals surface area contributed by atoms with Gasteiger partial charge in [0, 0.05) is 50.3 Å². The molecule has 0 radical (unpaired) electrons. The number of carbonyl (C=O) groups is 3. The number of piperidine rings is 2. The molecule has 3 amide bonds. The number of amides is 3. The van der Waals surface area contributed by atoms with Crippen LogP contribution in [0.15, 0.2) is 18.3 Å². The zero-order chi connectivity index (χ0) is 21.0. The molecule has 0 bridgehead atoms. The lowest BCUT2D eigenvalue weighted by Gasteiger charge is -2.39. The Bertz CT molecular complexity index is 764. The van der Waals surface area contributed by atoms with Gasteiger partial charge in [0.2, 0.25) is 11.8 Å². The Labute approximate surface area is 176 Å². The van der Waals surface area contributed by atoms with Crippen molar-refractivity contribution in [3.05, 3.63) is 29.0 Å². The maximum absolute atomic E-state index is 12.8. The molecule has 7 nitrogen and oxygen atoms in total. The molecule has 0 aliphatic carbocycles. The minimum Gasteiger partial charge on any atom is -0.369 e. The normalized spacial score (nSPS) is 23.1. The summed E-state index contributed by atoms with van der Waals surface area (Å²) in [6, 6.07) is 3.27. The number of hydrogen-bond acceptors (Lipinski definition) is 4. The van der Waals surface area contributed by atoms with Gasteiger partial charge in [0.1, 0.15) is 5.15 Å². The lowest BCUT2D eigenvalue weighted by Crippen LogP contribution is -2.46. The van der Waals surface area contributed by atoms with Gasteiger partial charge < -0.3 is 15.5 Å². The van der Waals surface area contributed by atoms with E-state index in [4.69, 9.17) is 17.3 Å². The molecule has 8 heteroatoms. The molecule has 3 rings (SSSR count). The summed E-state index contributed by atoms with van der Waals surface area (Å²) in [5.74, 6) is 0.292. The van der Waals surface area contributed by atoms with Crippen molar-refractivity contribution in [2.45, 2.75) is 39.0 Å². The number of halogens is 1. The van der Waals surface area contributed by atoms with Crippen molar-refractivity contribution in [2.24, 2.45) is 23.5 Å². The van der Waals surface area contributed by atoms with E-state index in [9.17, 15) is 14.4 Å². The number of hydrogen-bond donors (Lipinski definition) is 1. The van der Waals surface area contributed by atoms with Crippen LogP contribution in [-0.4, -0.2) is 58.7 Å². The minimum atomic E-state index is -0.268. The Balaban J connectivity index is 1.55. The topological polar surface area (TPSA) is 96.6 Å². The Morgan fingerprint density at radius 3 is 2.45 bits per heavy atom. The second kappa shape index (κ2) is 9.57. The van der Waals surface area contributed by atoms with Gasteiger partial charge in [-0.15, -0.1) is 0 Å². The quantitative estimate of drug-likeness (QED) is 0.739. The largest absolute Gasteiger partial charge is 0.369 e. The molecule has 3 heterocycles. The third-order valence-corrected chi connectivity index (χ3v) is 6.57. The molecular weight excluding hydrogens is 392 g/mol. The van der Waals surface area contributed by atoms with E-state index in [2.05, 4.69) is 11.9 Å². The van der Waals surface area contributed by atoms with Crippen LogP contribution in [0.3, 0.4) is 0 Å². The summed E-state index contributed by atoms with van der Waals surface area (Å²) < 4.78 is 0. The summed E-state index contributed by atoms with van der Waals surface area (Å²) in [6.45, 7) is 4.60. The number of nitrogens with zero attached hydrogens (tertiary/aromatic N) is 3. The molecule has 2 fully saturated rings. The van der Waals surface area contributed by atoms with Gasteiger partial charge in [-0.05, 0) is 43.2 Å².